The number of rotatable bonds is 6. The molecule has 144 valence electrons. The maximum absolute atomic E-state index is 12.5. The fraction of sp³-hybridized carbons (Fsp3) is 0.190. The van der Waals surface area contributed by atoms with Crippen molar-refractivity contribution in [3.63, 3.8) is 0 Å². The zero-order chi connectivity index (χ0) is 20.1. The van der Waals surface area contributed by atoms with Crippen molar-refractivity contribution in [3.8, 4) is 28.6 Å². The number of carbonyl (C=O) groups is 1. The number of methoxy groups -OCH3 is 1. The Labute approximate surface area is 163 Å². The zero-order valence-electron chi connectivity index (χ0n) is 15.8. The first-order valence-corrected chi connectivity index (χ1v) is 8.73. The second-order valence-corrected chi connectivity index (χ2v) is 6.33. The third kappa shape index (κ3) is 4.56. The number of nitrogens with one attached hydrogen (secondary N) is 1. The van der Waals surface area contributed by atoms with Crippen molar-refractivity contribution >= 4 is 11.6 Å². The van der Waals surface area contributed by atoms with E-state index < -0.39 is 0 Å². The van der Waals surface area contributed by atoms with Gasteiger partial charge in [0.1, 0.15) is 5.75 Å². The molecule has 0 unspecified atom stereocenters. The van der Waals surface area contributed by atoms with Crippen LogP contribution in [-0.4, -0.2) is 34.2 Å². The number of carbonyl (C=O) groups excluding carboxylic acids is 1. The van der Waals surface area contributed by atoms with Gasteiger partial charge in [0.2, 0.25) is 0 Å². The Hall–Kier alpha value is -3.61. The minimum Gasteiger partial charge on any atom is -0.508 e. The molecular formula is C21H21N3O4. The van der Waals surface area contributed by atoms with Gasteiger partial charge >= 0.3 is 0 Å². The topological polar surface area (TPSA) is 93.6 Å². The first-order valence-electron chi connectivity index (χ1n) is 8.73. The van der Waals surface area contributed by atoms with Gasteiger partial charge in [0.05, 0.1) is 31.3 Å². The predicted molar refractivity (Wildman–Crippen MR) is 106 cm³/mol. The molecule has 0 fully saturated rings. The molecule has 1 aromatic heterocycles. The van der Waals surface area contributed by atoms with Crippen molar-refractivity contribution in [2.45, 2.75) is 20.0 Å². The molecule has 0 saturated heterocycles. The van der Waals surface area contributed by atoms with E-state index in [0.717, 1.165) is 0 Å². The predicted octanol–water partition coefficient (Wildman–Crippen LogP) is 3.90. The van der Waals surface area contributed by atoms with Crippen molar-refractivity contribution in [1.82, 2.24) is 9.97 Å². The Morgan fingerprint density at radius 3 is 2.46 bits per heavy atom. The van der Waals surface area contributed by atoms with Gasteiger partial charge in [-0.25, -0.2) is 9.97 Å². The number of nitrogens with zero attached hydrogens (tertiary/aromatic N) is 2. The Balaban J connectivity index is 1.74. The lowest BCUT2D eigenvalue weighted by molar-refractivity contribution is 0.102. The van der Waals surface area contributed by atoms with Crippen LogP contribution in [0.1, 0.15) is 24.2 Å². The second kappa shape index (κ2) is 8.39. The van der Waals surface area contributed by atoms with Gasteiger partial charge in [0, 0.05) is 11.1 Å². The van der Waals surface area contributed by atoms with Gasteiger partial charge in [-0.1, -0.05) is 12.1 Å². The van der Waals surface area contributed by atoms with Crippen LogP contribution in [-0.2, 0) is 0 Å². The molecule has 7 nitrogen and oxygen atoms in total. The van der Waals surface area contributed by atoms with Crippen molar-refractivity contribution in [3.05, 3.63) is 60.4 Å². The lowest BCUT2D eigenvalue weighted by Gasteiger charge is -2.14. The molecule has 7 heteroatoms. The Bertz CT molecular complexity index is 972. The summed E-state index contributed by atoms with van der Waals surface area (Å²) in [4.78, 5) is 21.0. The van der Waals surface area contributed by atoms with Crippen LogP contribution in [0.2, 0.25) is 0 Å². The van der Waals surface area contributed by atoms with Gasteiger partial charge in [0.25, 0.3) is 5.91 Å². The van der Waals surface area contributed by atoms with Gasteiger partial charge in [0.15, 0.2) is 17.3 Å². The smallest absolute Gasteiger partial charge is 0.255 e. The van der Waals surface area contributed by atoms with Crippen LogP contribution < -0.4 is 14.8 Å². The molecule has 1 heterocycles. The average Bonchev–Trinajstić information content (AvgIpc) is 2.68. The van der Waals surface area contributed by atoms with E-state index in [1.165, 1.54) is 19.5 Å². The number of anilines is 1. The van der Waals surface area contributed by atoms with Gasteiger partial charge in [-0.15, -0.1) is 0 Å². The molecule has 0 radical (unpaired) electrons. The maximum Gasteiger partial charge on any atom is 0.255 e. The summed E-state index contributed by atoms with van der Waals surface area (Å²) in [6, 6.07) is 11.6. The summed E-state index contributed by atoms with van der Waals surface area (Å²) in [7, 11) is 1.53. The molecule has 0 bridgehead atoms. The van der Waals surface area contributed by atoms with Crippen LogP contribution in [0.15, 0.2) is 54.9 Å². The Morgan fingerprint density at radius 1 is 1.07 bits per heavy atom. The van der Waals surface area contributed by atoms with Gasteiger partial charge in [-0.3, -0.25) is 4.79 Å². The zero-order valence-corrected chi connectivity index (χ0v) is 15.8. The number of benzene rings is 2. The quantitative estimate of drug-likeness (QED) is 0.675. The molecule has 0 aliphatic heterocycles. The molecular weight excluding hydrogens is 358 g/mol. The van der Waals surface area contributed by atoms with E-state index in [1.54, 1.807) is 42.5 Å². The number of hydrogen-bond acceptors (Lipinski definition) is 6. The van der Waals surface area contributed by atoms with Crippen LogP contribution in [0.5, 0.6) is 17.2 Å². The standard InChI is InChI=1S/C21H21N3O4/c1-13(2)28-18-8-7-15(10-19(18)27-3)21(26)24-16-11-22-20(23-12-16)14-5-4-6-17(25)9-14/h4-13,25H,1-3H3,(H,24,26). The summed E-state index contributed by atoms with van der Waals surface area (Å²) < 4.78 is 11.0. The minimum atomic E-state index is -0.317. The summed E-state index contributed by atoms with van der Waals surface area (Å²) in [5, 5.41) is 12.3. The summed E-state index contributed by atoms with van der Waals surface area (Å²) in [6.07, 6.45) is 3.02. The molecule has 3 rings (SSSR count). The third-order valence-electron chi connectivity index (χ3n) is 3.80. The molecule has 0 atom stereocenters. The number of amides is 1. The Morgan fingerprint density at radius 2 is 1.82 bits per heavy atom. The van der Waals surface area contributed by atoms with E-state index in [9.17, 15) is 9.90 Å². The Kier molecular flexibility index (Phi) is 5.74. The maximum atomic E-state index is 12.5. The van der Waals surface area contributed by atoms with Crippen molar-refractivity contribution in [1.29, 1.82) is 0 Å². The van der Waals surface area contributed by atoms with Crippen LogP contribution in [0.4, 0.5) is 5.69 Å². The van der Waals surface area contributed by atoms with E-state index in [1.807, 2.05) is 13.8 Å². The number of phenolic OH excluding ortho intramolecular Hbond substituents is 1. The van der Waals surface area contributed by atoms with Crippen LogP contribution in [0.25, 0.3) is 11.4 Å². The minimum absolute atomic E-state index is 0.00392. The van der Waals surface area contributed by atoms with Crippen LogP contribution in [0, 0.1) is 0 Å². The summed E-state index contributed by atoms with van der Waals surface area (Å²) in [5.41, 5.74) is 1.56. The van der Waals surface area contributed by atoms with Crippen molar-refractivity contribution in [2.75, 3.05) is 12.4 Å². The van der Waals surface area contributed by atoms with Crippen molar-refractivity contribution < 1.29 is 19.4 Å². The van der Waals surface area contributed by atoms with E-state index in [2.05, 4.69) is 15.3 Å². The van der Waals surface area contributed by atoms with E-state index in [4.69, 9.17) is 9.47 Å². The normalized spacial score (nSPS) is 10.6. The summed E-state index contributed by atoms with van der Waals surface area (Å²) in [6.45, 7) is 3.83. The number of aromatic hydroxyl groups is 1. The van der Waals surface area contributed by atoms with Gasteiger partial charge in [-0.05, 0) is 44.2 Å². The summed E-state index contributed by atoms with van der Waals surface area (Å²) >= 11 is 0. The average molecular weight is 379 g/mol. The third-order valence-corrected chi connectivity index (χ3v) is 3.80. The van der Waals surface area contributed by atoms with E-state index in [-0.39, 0.29) is 17.8 Å². The van der Waals surface area contributed by atoms with Gasteiger partial charge < -0.3 is 19.9 Å². The summed E-state index contributed by atoms with van der Waals surface area (Å²) in [5.74, 6) is 1.33. The fourth-order valence-corrected chi connectivity index (χ4v) is 2.55. The number of phenols is 1. The largest absolute Gasteiger partial charge is 0.508 e. The monoisotopic (exact) mass is 379 g/mol. The molecule has 2 aromatic carbocycles. The lowest BCUT2D eigenvalue weighted by Crippen LogP contribution is -2.13. The first kappa shape index (κ1) is 19.2. The van der Waals surface area contributed by atoms with Gasteiger partial charge in [-0.2, -0.15) is 0 Å². The second-order valence-electron chi connectivity index (χ2n) is 6.33. The molecule has 28 heavy (non-hydrogen) atoms. The molecule has 1 amide bonds. The molecule has 0 saturated carbocycles. The highest BCUT2D eigenvalue weighted by molar-refractivity contribution is 6.04. The molecule has 0 aliphatic rings. The molecule has 3 aromatic rings. The number of hydrogen-bond donors (Lipinski definition) is 2. The fourth-order valence-electron chi connectivity index (χ4n) is 2.55. The molecule has 2 N–H and O–H groups in total. The number of aromatic nitrogens is 2. The number of ether oxygens (including phenoxy) is 2. The van der Waals surface area contributed by atoms with Crippen LogP contribution >= 0.6 is 0 Å². The first-order chi connectivity index (χ1) is 13.5. The van der Waals surface area contributed by atoms with Crippen molar-refractivity contribution in [2.24, 2.45) is 0 Å². The highest BCUT2D eigenvalue weighted by Crippen LogP contribution is 2.29. The van der Waals surface area contributed by atoms with Crippen LogP contribution in [0.3, 0.4) is 0 Å². The highest BCUT2D eigenvalue weighted by atomic mass is 16.5. The van der Waals surface area contributed by atoms with E-state index in [0.29, 0.717) is 34.1 Å². The SMILES string of the molecule is COc1cc(C(=O)Nc2cnc(-c3cccc(O)c3)nc2)ccc1OC(C)C. The highest BCUT2D eigenvalue weighted by Gasteiger charge is 2.13. The van der Waals surface area contributed by atoms with E-state index >= 15 is 0 Å². The molecule has 0 aliphatic carbocycles. The molecule has 0 spiro atoms. The lowest BCUT2D eigenvalue weighted by atomic mass is 10.2.